The molecule has 0 aromatic heterocycles. The first-order valence-electron chi connectivity index (χ1n) is 6.83. The summed E-state index contributed by atoms with van der Waals surface area (Å²) in [6, 6.07) is 15.3. The zero-order valence-electron chi connectivity index (χ0n) is 11.6. The highest BCUT2D eigenvalue weighted by Crippen LogP contribution is 2.25. The lowest BCUT2D eigenvalue weighted by atomic mass is 9.87. The molecule has 1 unspecified atom stereocenters. The minimum absolute atomic E-state index is 0. The Balaban J connectivity index is 0.00000161. The van der Waals surface area contributed by atoms with Gasteiger partial charge in [0, 0.05) is 5.56 Å². The molecule has 2 aromatic carbocycles. The smallest absolute Gasteiger partial charge is 0.179 e. The Morgan fingerprint density at radius 3 is 2.67 bits per heavy atom. The van der Waals surface area contributed by atoms with Gasteiger partial charge in [-0.05, 0) is 36.1 Å². The molecule has 0 spiro atoms. The van der Waals surface area contributed by atoms with E-state index in [1.165, 1.54) is 0 Å². The van der Waals surface area contributed by atoms with Crippen molar-refractivity contribution >= 4 is 18.2 Å². The fourth-order valence-electron chi connectivity index (χ4n) is 2.48. The van der Waals surface area contributed by atoms with E-state index in [0.29, 0.717) is 12.2 Å². The summed E-state index contributed by atoms with van der Waals surface area (Å²) in [5.74, 6) is 0.742. The van der Waals surface area contributed by atoms with E-state index in [-0.39, 0.29) is 24.2 Å². The van der Waals surface area contributed by atoms with E-state index in [1.54, 1.807) is 0 Å². The molecule has 110 valence electrons. The normalized spacial score (nSPS) is 16.8. The highest BCUT2D eigenvalue weighted by Gasteiger charge is 2.24. The lowest BCUT2D eigenvalue weighted by Gasteiger charge is -2.20. The molecule has 1 aliphatic rings. The molecule has 1 atom stereocenters. The van der Waals surface area contributed by atoms with Crippen LogP contribution in [0.1, 0.15) is 27.9 Å². The Labute approximate surface area is 130 Å². The van der Waals surface area contributed by atoms with Crippen molar-refractivity contribution in [2.45, 2.75) is 25.5 Å². The Morgan fingerprint density at radius 1 is 1.14 bits per heavy atom. The number of ether oxygens (including phenoxy) is 1. The predicted octanol–water partition coefficient (Wildman–Crippen LogP) is 3.14. The first kappa shape index (κ1) is 15.5. The molecule has 0 aliphatic heterocycles. The standard InChI is InChI=1S/C17H17NO2.ClH/c18-16-9-7-13-6-8-14(10-15(13)17(16)19)20-11-12-4-2-1-3-5-12;/h1-6,8,10,16H,7,9,11,18H2;1H. The maximum Gasteiger partial charge on any atom is 0.179 e. The number of ketones is 1. The van der Waals surface area contributed by atoms with E-state index in [9.17, 15) is 4.79 Å². The van der Waals surface area contributed by atoms with Crippen LogP contribution in [0.2, 0.25) is 0 Å². The van der Waals surface area contributed by atoms with Crippen LogP contribution in [0.5, 0.6) is 5.75 Å². The third-order valence-electron chi connectivity index (χ3n) is 3.66. The summed E-state index contributed by atoms with van der Waals surface area (Å²) in [7, 11) is 0. The summed E-state index contributed by atoms with van der Waals surface area (Å²) in [5, 5.41) is 0. The quantitative estimate of drug-likeness (QED) is 0.947. The van der Waals surface area contributed by atoms with Gasteiger partial charge in [0.25, 0.3) is 0 Å². The molecule has 0 radical (unpaired) electrons. The zero-order valence-corrected chi connectivity index (χ0v) is 12.4. The number of Topliss-reactive ketones (excluding diaryl/α,β-unsaturated/α-hetero) is 1. The molecule has 0 bridgehead atoms. The number of hydrogen-bond acceptors (Lipinski definition) is 3. The number of hydrogen-bond donors (Lipinski definition) is 1. The van der Waals surface area contributed by atoms with Gasteiger partial charge in [0.1, 0.15) is 12.4 Å². The molecular formula is C17H18ClNO2. The minimum Gasteiger partial charge on any atom is -0.489 e. The summed E-state index contributed by atoms with van der Waals surface area (Å²) in [5.41, 5.74) is 8.71. The number of rotatable bonds is 3. The van der Waals surface area contributed by atoms with Crippen LogP contribution >= 0.6 is 12.4 Å². The molecule has 0 saturated heterocycles. The number of fused-ring (bicyclic) bond motifs is 1. The van der Waals surface area contributed by atoms with Crippen molar-refractivity contribution in [1.29, 1.82) is 0 Å². The molecule has 2 N–H and O–H groups in total. The first-order valence-corrected chi connectivity index (χ1v) is 6.83. The number of benzene rings is 2. The number of carbonyl (C=O) groups is 1. The molecule has 3 nitrogen and oxygen atoms in total. The van der Waals surface area contributed by atoms with Crippen LogP contribution in [0.15, 0.2) is 48.5 Å². The van der Waals surface area contributed by atoms with Gasteiger partial charge in [-0.1, -0.05) is 36.4 Å². The summed E-state index contributed by atoms with van der Waals surface area (Å²) < 4.78 is 5.75. The average Bonchev–Trinajstić information content (AvgIpc) is 2.50. The van der Waals surface area contributed by atoms with Crippen LogP contribution in [0, 0.1) is 0 Å². The van der Waals surface area contributed by atoms with Crippen LogP contribution in [-0.4, -0.2) is 11.8 Å². The molecule has 0 fully saturated rings. The Kier molecular flexibility index (Phi) is 4.99. The Hall–Kier alpha value is -1.84. The van der Waals surface area contributed by atoms with Gasteiger partial charge in [0.05, 0.1) is 6.04 Å². The fourth-order valence-corrected chi connectivity index (χ4v) is 2.48. The van der Waals surface area contributed by atoms with Crippen molar-refractivity contribution in [3.8, 4) is 5.75 Å². The topological polar surface area (TPSA) is 52.3 Å². The monoisotopic (exact) mass is 303 g/mol. The first-order chi connectivity index (χ1) is 9.74. The van der Waals surface area contributed by atoms with E-state index in [0.717, 1.165) is 29.7 Å². The molecule has 21 heavy (non-hydrogen) atoms. The van der Waals surface area contributed by atoms with Crippen LogP contribution in [0.3, 0.4) is 0 Å². The summed E-state index contributed by atoms with van der Waals surface area (Å²) in [6.07, 6.45) is 1.59. The van der Waals surface area contributed by atoms with Crippen LogP contribution < -0.4 is 10.5 Å². The van der Waals surface area contributed by atoms with Gasteiger partial charge in [-0.3, -0.25) is 4.79 Å². The van der Waals surface area contributed by atoms with Gasteiger partial charge in [-0.15, -0.1) is 12.4 Å². The number of nitrogens with two attached hydrogens (primary N) is 1. The third-order valence-corrected chi connectivity index (χ3v) is 3.66. The van der Waals surface area contributed by atoms with Crippen LogP contribution in [0.25, 0.3) is 0 Å². The lowest BCUT2D eigenvalue weighted by Crippen LogP contribution is -2.35. The van der Waals surface area contributed by atoms with Gasteiger partial charge < -0.3 is 10.5 Å². The summed E-state index contributed by atoms with van der Waals surface area (Å²) in [6.45, 7) is 0.500. The van der Waals surface area contributed by atoms with Crippen LogP contribution in [0.4, 0.5) is 0 Å². The van der Waals surface area contributed by atoms with Crippen molar-refractivity contribution in [3.63, 3.8) is 0 Å². The number of carbonyl (C=O) groups excluding carboxylic acids is 1. The number of aryl methyl sites for hydroxylation is 1. The van der Waals surface area contributed by atoms with E-state index >= 15 is 0 Å². The fraction of sp³-hybridized carbons (Fsp3) is 0.235. The summed E-state index contributed by atoms with van der Waals surface area (Å²) in [4.78, 5) is 12.1. The van der Waals surface area contributed by atoms with Crippen molar-refractivity contribution in [2.75, 3.05) is 0 Å². The highest BCUT2D eigenvalue weighted by molar-refractivity contribution is 6.02. The van der Waals surface area contributed by atoms with E-state index in [4.69, 9.17) is 10.5 Å². The van der Waals surface area contributed by atoms with E-state index in [1.807, 2.05) is 48.5 Å². The SMILES string of the molecule is Cl.NC1CCc2ccc(OCc3ccccc3)cc2C1=O. The lowest BCUT2D eigenvalue weighted by molar-refractivity contribution is 0.0948. The summed E-state index contributed by atoms with van der Waals surface area (Å²) >= 11 is 0. The highest BCUT2D eigenvalue weighted by atomic mass is 35.5. The largest absolute Gasteiger partial charge is 0.489 e. The molecule has 0 saturated carbocycles. The van der Waals surface area contributed by atoms with E-state index < -0.39 is 0 Å². The van der Waals surface area contributed by atoms with Gasteiger partial charge in [-0.2, -0.15) is 0 Å². The van der Waals surface area contributed by atoms with Gasteiger partial charge in [0.15, 0.2) is 5.78 Å². The van der Waals surface area contributed by atoms with Crippen molar-refractivity contribution in [1.82, 2.24) is 0 Å². The Morgan fingerprint density at radius 2 is 1.90 bits per heavy atom. The Bertz CT molecular complexity index is 628. The second-order valence-corrected chi connectivity index (χ2v) is 5.10. The second kappa shape index (κ2) is 6.74. The molecule has 2 aromatic rings. The van der Waals surface area contributed by atoms with Gasteiger partial charge in [-0.25, -0.2) is 0 Å². The van der Waals surface area contributed by atoms with E-state index in [2.05, 4.69) is 0 Å². The van der Waals surface area contributed by atoms with Crippen molar-refractivity contribution in [3.05, 3.63) is 65.2 Å². The van der Waals surface area contributed by atoms with Crippen molar-refractivity contribution < 1.29 is 9.53 Å². The predicted molar refractivity (Wildman–Crippen MR) is 85.1 cm³/mol. The molecule has 1 aliphatic carbocycles. The minimum atomic E-state index is -0.369. The molecule has 3 rings (SSSR count). The van der Waals surface area contributed by atoms with Gasteiger partial charge in [0.2, 0.25) is 0 Å². The molecule has 4 heteroatoms. The average molecular weight is 304 g/mol. The number of halogens is 1. The molecule has 0 amide bonds. The van der Waals surface area contributed by atoms with Crippen molar-refractivity contribution in [2.24, 2.45) is 5.73 Å². The zero-order chi connectivity index (χ0) is 13.9. The van der Waals surface area contributed by atoms with Gasteiger partial charge >= 0.3 is 0 Å². The second-order valence-electron chi connectivity index (χ2n) is 5.10. The molecule has 0 heterocycles. The maximum absolute atomic E-state index is 12.1. The molecular weight excluding hydrogens is 286 g/mol. The van der Waals surface area contributed by atoms with Crippen LogP contribution in [-0.2, 0) is 13.0 Å². The maximum atomic E-state index is 12.1. The third kappa shape index (κ3) is 3.43.